The standard InChI is InChI=1S/C21H32O3/c1-12-9-13-10-14(22)5-7-19(13,2)18-16(23)11-20(3)15(17(12)18)6-8-21(20,4)24/h10,12,15-18,23-24H,5-9,11H2,1-4H3/t12-,15+,16+,17+,18+,19+,20+,21+/m1/s1. The van der Waals surface area contributed by atoms with E-state index in [1.54, 1.807) is 0 Å². The van der Waals surface area contributed by atoms with Crippen LogP contribution in [0.1, 0.15) is 66.2 Å². The van der Waals surface area contributed by atoms with Crippen molar-refractivity contribution in [3.63, 3.8) is 0 Å². The summed E-state index contributed by atoms with van der Waals surface area (Å²) in [4.78, 5) is 12.0. The zero-order valence-electron chi connectivity index (χ0n) is 15.5. The van der Waals surface area contributed by atoms with Crippen LogP contribution in [-0.4, -0.2) is 27.7 Å². The molecule has 0 aromatic rings. The van der Waals surface area contributed by atoms with E-state index in [1.165, 1.54) is 5.57 Å². The van der Waals surface area contributed by atoms with Crippen LogP contribution in [0.15, 0.2) is 11.6 Å². The van der Waals surface area contributed by atoms with Crippen molar-refractivity contribution in [3.05, 3.63) is 11.6 Å². The Balaban J connectivity index is 1.80. The predicted octanol–water partition coefficient (Wildman–Crippen LogP) is 3.49. The second-order valence-corrected chi connectivity index (χ2v) is 9.95. The van der Waals surface area contributed by atoms with E-state index in [4.69, 9.17) is 0 Å². The van der Waals surface area contributed by atoms with Gasteiger partial charge < -0.3 is 10.2 Å². The number of fused-ring (bicyclic) bond motifs is 5. The number of aliphatic hydroxyl groups is 2. The van der Waals surface area contributed by atoms with Crippen LogP contribution in [0.4, 0.5) is 0 Å². The van der Waals surface area contributed by atoms with E-state index in [0.717, 1.165) is 25.7 Å². The number of ketones is 1. The van der Waals surface area contributed by atoms with Gasteiger partial charge in [0, 0.05) is 11.8 Å². The van der Waals surface area contributed by atoms with Gasteiger partial charge in [0.2, 0.25) is 0 Å². The fourth-order valence-corrected chi connectivity index (χ4v) is 7.23. The molecule has 0 spiro atoms. The molecule has 0 aromatic carbocycles. The topological polar surface area (TPSA) is 57.5 Å². The second-order valence-electron chi connectivity index (χ2n) is 9.95. The molecule has 4 aliphatic carbocycles. The van der Waals surface area contributed by atoms with Crippen LogP contribution < -0.4 is 0 Å². The molecule has 0 saturated heterocycles. The van der Waals surface area contributed by atoms with Crippen molar-refractivity contribution >= 4 is 5.78 Å². The van der Waals surface area contributed by atoms with E-state index < -0.39 is 5.60 Å². The first-order chi connectivity index (χ1) is 11.1. The Morgan fingerprint density at radius 3 is 2.62 bits per heavy atom. The molecule has 2 N–H and O–H groups in total. The highest BCUT2D eigenvalue weighted by atomic mass is 16.3. The number of carbonyl (C=O) groups is 1. The van der Waals surface area contributed by atoms with Crippen molar-refractivity contribution in [2.75, 3.05) is 0 Å². The summed E-state index contributed by atoms with van der Waals surface area (Å²) in [5.41, 5.74) is 0.368. The van der Waals surface area contributed by atoms with Crippen molar-refractivity contribution in [2.45, 2.75) is 77.9 Å². The summed E-state index contributed by atoms with van der Waals surface area (Å²) in [5, 5.41) is 22.2. The Morgan fingerprint density at radius 2 is 1.92 bits per heavy atom. The van der Waals surface area contributed by atoms with Gasteiger partial charge in [-0.05, 0) is 74.2 Å². The molecule has 3 heteroatoms. The highest BCUT2D eigenvalue weighted by Gasteiger charge is 2.66. The summed E-state index contributed by atoms with van der Waals surface area (Å²) in [6, 6.07) is 0. The molecular formula is C21H32O3. The smallest absolute Gasteiger partial charge is 0.155 e. The zero-order chi connectivity index (χ0) is 17.5. The fourth-order valence-electron chi connectivity index (χ4n) is 7.23. The first kappa shape index (κ1) is 16.8. The molecule has 24 heavy (non-hydrogen) atoms. The molecule has 4 rings (SSSR count). The average molecular weight is 332 g/mol. The van der Waals surface area contributed by atoms with Gasteiger partial charge in [-0.3, -0.25) is 4.79 Å². The molecule has 0 aliphatic heterocycles. The monoisotopic (exact) mass is 332 g/mol. The van der Waals surface area contributed by atoms with Gasteiger partial charge in [0.05, 0.1) is 11.7 Å². The van der Waals surface area contributed by atoms with Crippen LogP contribution in [0.3, 0.4) is 0 Å². The Morgan fingerprint density at radius 1 is 1.21 bits per heavy atom. The second kappa shape index (κ2) is 4.94. The summed E-state index contributed by atoms with van der Waals surface area (Å²) in [6.45, 7) is 8.76. The first-order valence-electron chi connectivity index (χ1n) is 9.74. The van der Waals surface area contributed by atoms with Crippen molar-refractivity contribution in [1.82, 2.24) is 0 Å². The molecule has 0 amide bonds. The SMILES string of the molecule is C[C@@H]1CC2=CC(=O)CC[C@]2(C)[C@@H]2[C@@H]1[C@@H]1CC[C@](C)(O)[C@@]1(C)C[C@@H]2O. The molecule has 0 unspecified atom stereocenters. The predicted molar refractivity (Wildman–Crippen MR) is 93.3 cm³/mol. The van der Waals surface area contributed by atoms with Gasteiger partial charge in [-0.2, -0.15) is 0 Å². The van der Waals surface area contributed by atoms with Gasteiger partial charge in [-0.1, -0.05) is 26.3 Å². The largest absolute Gasteiger partial charge is 0.393 e. The summed E-state index contributed by atoms with van der Waals surface area (Å²) in [6.07, 6.45) is 6.57. The highest BCUT2D eigenvalue weighted by Crippen LogP contribution is 2.68. The van der Waals surface area contributed by atoms with Crippen LogP contribution in [0.2, 0.25) is 0 Å². The molecule has 134 valence electrons. The lowest BCUT2D eigenvalue weighted by Crippen LogP contribution is -2.61. The maximum Gasteiger partial charge on any atom is 0.155 e. The average Bonchev–Trinajstić information content (AvgIpc) is 2.71. The van der Waals surface area contributed by atoms with Crippen molar-refractivity contribution < 1.29 is 15.0 Å². The summed E-state index contributed by atoms with van der Waals surface area (Å²) in [7, 11) is 0. The molecule has 0 heterocycles. The maximum absolute atomic E-state index is 12.0. The lowest BCUT2D eigenvalue weighted by Gasteiger charge is -2.62. The Bertz CT molecular complexity index is 606. The first-order valence-corrected chi connectivity index (χ1v) is 9.74. The third-order valence-corrected chi connectivity index (χ3v) is 8.81. The number of hydrogen-bond donors (Lipinski definition) is 2. The molecule has 3 saturated carbocycles. The van der Waals surface area contributed by atoms with Crippen molar-refractivity contribution in [2.24, 2.45) is 34.5 Å². The zero-order valence-corrected chi connectivity index (χ0v) is 15.5. The van der Waals surface area contributed by atoms with Gasteiger partial charge in [-0.25, -0.2) is 0 Å². The maximum atomic E-state index is 12.0. The van der Waals surface area contributed by atoms with Crippen molar-refractivity contribution in [3.8, 4) is 0 Å². The minimum absolute atomic E-state index is 0.0414. The van der Waals surface area contributed by atoms with E-state index in [-0.39, 0.29) is 28.6 Å². The molecule has 8 atom stereocenters. The van der Waals surface area contributed by atoms with E-state index >= 15 is 0 Å². The number of hydrogen-bond acceptors (Lipinski definition) is 3. The van der Waals surface area contributed by atoms with E-state index in [2.05, 4.69) is 20.8 Å². The van der Waals surface area contributed by atoms with E-state index in [0.29, 0.717) is 30.6 Å². The quantitative estimate of drug-likeness (QED) is 0.714. The van der Waals surface area contributed by atoms with Gasteiger partial charge in [-0.15, -0.1) is 0 Å². The Kier molecular flexibility index (Phi) is 3.46. The van der Waals surface area contributed by atoms with Crippen LogP contribution in [0, 0.1) is 34.5 Å². The van der Waals surface area contributed by atoms with Gasteiger partial charge in [0.15, 0.2) is 5.78 Å². The molecule has 0 aromatic heterocycles. The third-order valence-electron chi connectivity index (χ3n) is 8.81. The molecule has 4 aliphatic rings. The van der Waals surface area contributed by atoms with Crippen LogP contribution >= 0.6 is 0 Å². The number of rotatable bonds is 0. The minimum Gasteiger partial charge on any atom is -0.393 e. The van der Waals surface area contributed by atoms with Gasteiger partial charge >= 0.3 is 0 Å². The number of carbonyl (C=O) groups excluding carboxylic acids is 1. The molecular weight excluding hydrogens is 300 g/mol. The van der Waals surface area contributed by atoms with Gasteiger partial charge in [0.1, 0.15) is 0 Å². The molecule has 3 nitrogen and oxygen atoms in total. The van der Waals surface area contributed by atoms with Gasteiger partial charge in [0.25, 0.3) is 0 Å². The van der Waals surface area contributed by atoms with E-state index in [1.807, 2.05) is 13.0 Å². The molecule has 0 radical (unpaired) electrons. The Labute approximate surface area is 145 Å². The minimum atomic E-state index is -0.678. The molecule has 3 fully saturated rings. The van der Waals surface area contributed by atoms with Crippen molar-refractivity contribution in [1.29, 1.82) is 0 Å². The Hall–Kier alpha value is -0.670. The summed E-state index contributed by atoms with van der Waals surface area (Å²) in [5.74, 6) is 1.88. The van der Waals surface area contributed by atoms with Crippen LogP contribution in [0.25, 0.3) is 0 Å². The normalized spacial score (nSPS) is 57.0. The highest BCUT2D eigenvalue weighted by molar-refractivity contribution is 5.91. The number of aliphatic hydroxyl groups excluding tert-OH is 1. The number of allylic oxidation sites excluding steroid dienone is 1. The summed E-state index contributed by atoms with van der Waals surface area (Å²) >= 11 is 0. The third kappa shape index (κ3) is 1.94. The fraction of sp³-hybridized carbons (Fsp3) is 0.857. The van der Waals surface area contributed by atoms with E-state index in [9.17, 15) is 15.0 Å². The van der Waals surface area contributed by atoms with Crippen LogP contribution in [-0.2, 0) is 4.79 Å². The van der Waals surface area contributed by atoms with Crippen LogP contribution in [0.5, 0.6) is 0 Å². The lowest BCUT2D eigenvalue weighted by atomic mass is 9.43. The molecule has 0 bridgehead atoms. The summed E-state index contributed by atoms with van der Waals surface area (Å²) < 4.78 is 0. The lowest BCUT2D eigenvalue weighted by molar-refractivity contribution is -0.176.